The normalized spacial score (nSPS) is 19.0. The van der Waals surface area contributed by atoms with Crippen molar-refractivity contribution in [3.63, 3.8) is 0 Å². The molecule has 0 aromatic heterocycles. The third-order valence-electron chi connectivity index (χ3n) is 1.67. The summed E-state index contributed by atoms with van der Waals surface area (Å²) in [4.78, 5) is 8.43. The first-order valence-electron chi connectivity index (χ1n) is 4.33. The fourth-order valence-electron chi connectivity index (χ4n) is 1.04. The summed E-state index contributed by atoms with van der Waals surface area (Å²) in [6, 6.07) is 0. The van der Waals surface area contributed by atoms with Gasteiger partial charge in [0.05, 0.1) is 0 Å². The van der Waals surface area contributed by atoms with Crippen LogP contribution in [0.4, 0.5) is 0 Å². The van der Waals surface area contributed by atoms with Gasteiger partial charge in [-0.3, -0.25) is 0 Å². The maximum absolute atomic E-state index is 4.23. The van der Waals surface area contributed by atoms with Gasteiger partial charge >= 0.3 is 0 Å². The number of aliphatic imine (C=N–C) groups is 2. The molecular formula is C11H14N2. The maximum atomic E-state index is 4.23. The quantitative estimate of drug-likeness (QED) is 0.584. The molecule has 2 heteroatoms. The van der Waals surface area contributed by atoms with Gasteiger partial charge in [-0.2, -0.15) is 0 Å². The molecule has 0 unspecified atom stereocenters. The molecule has 0 aromatic rings. The molecule has 1 aliphatic heterocycles. The van der Waals surface area contributed by atoms with E-state index in [1.807, 2.05) is 25.2 Å². The van der Waals surface area contributed by atoms with Crippen LogP contribution in [0.5, 0.6) is 0 Å². The Kier molecular flexibility index (Phi) is 3.38. The standard InChI is InChI=1S/C11H14N2/c1-4-7-12-11-10(9(2)3)6-5-8-13-11/h4-8H,1-3H3/b7-4+,12-11+. The number of rotatable bonds is 1. The minimum absolute atomic E-state index is 0.792. The summed E-state index contributed by atoms with van der Waals surface area (Å²) in [5.41, 5.74) is 2.34. The summed E-state index contributed by atoms with van der Waals surface area (Å²) in [6.07, 6.45) is 9.37. The first kappa shape index (κ1) is 9.65. The van der Waals surface area contributed by atoms with Gasteiger partial charge in [-0.1, -0.05) is 11.6 Å². The van der Waals surface area contributed by atoms with E-state index < -0.39 is 0 Å². The average molecular weight is 174 g/mol. The molecule has 1 heterocycles. The summed E-state index contributed by atoms with van der Waals surface area (Å²) >= 11 is 0. The Labute approximate surface area is 79.1 Å². The molecule has 0 aromatic carbocycles. The Morgan fingerprint density at radius 2 is 2.23 bits per heavy atom. The van der Waals surface area contributed by atoms with Crippen LogP contribution in [0.15, 0.2) is 45.6 Å². The highest BCUT2D eigenvalue weighted by atomic mass is 14.9. The van der Waals surface area contributed by atoms with E-state index in [0.29, 0.717) is 0 Å². The minimum Gasteiger partial charge on any atom is -0.237 e. The minimum atomic E-state index is 0.792. The summed E-state index contributed by atoms with van der Waals surface area (Å²) in [6.45, 7) is 6.06. The summed E-state index contributed by atoms with van der Waals surface area (Å²) in [5, 5.41) is 0. The van der Waals surface area contributed by atoms with Crippen LogP contribution in [0.2, 0.25) is 0 Å². The molecule has 0 spiro atoms. The number of hydrogen-bond donors (Lipinski definition) is 0. The van der Waals surface area contributed by atoms with E-state index in [1.165, 1.54) is 5.57 Å². The van der Waals surface area contributed by atoms with Crippen molar-refractivity contribution in [1.82, 2.24) is 0 Å². The second-order valence-corrected chi connectivity index (χ2v) is 2.99. The van der Waals surface area contributed by atoms with Crippen molar-refractivity contribution in [2.24, 2.45) is 9.98 Å². The van der Waals surface area contributed by atoms with E-state index in [9.17, 15) is 0 Å². The number of dihydropyridines is 1. The first-order chi connectivity index (χ1) is 6.25. The molecule has 0 aliphatic carbocycles. The van der Waals surface area contributed by atoms with Gasteiger partial charge in [-0.25, -0.2) is 9.98 Å². The van der Waals surface area contributed by atoms with Crippen molar-refractivity contribution in [2.45, 2.75) is 20.8 Å². The zero-order valence-corrected chi connectivity index (χ0v) is 8.28. The van der Waals surface area contributed by atoms with E-state index in [2.05, 4.69) is 23.8 Å². The zero-order valence-electron chi connectivity index (χ0n) is 8.28. The van der Waals surface area contributed by atoms with Crippen LogP contribution in [0.1, 0.15) is 20.8 Å². The van der Waals surface area contributed by atoms with E-state index in [1.54, 1.807) is 12.4 Å². The summed E-state index contributed by atoms with van der Waals surface area (Å²) < 4.78 is 0. The number of allylic oxidation sites excluding steroid dienone is 3. The topological polar surface area (TPSA) is 24.7 Å². The molecule has 1 rings (SSSR count). The van der Waals surface area contributed by atoms with Crippen LogP contribution in [0.3, 0.4) is 0 Å². The maximum Gasteiger partial charge on any atom is 0.159 e. The van der Waals surface area contributed by atoms with Gasteiger partial charge < -0.3 is 0 Å². The molecule has 2 nitrogen and oxygen atoms in total. The average Bonchev–Trinajstić information content (AvgIpc) is 2.15. The van der Waals surface area contributed by atoms with Crippen molar-refractivity contribution in [3.05, 3.63) is 35.6 Å². The van der Waals surface area contributed by atoms with Crippen LogP contribution in [-0.2, 0) is 0 Å². The second-order valence-electron chi connectivity index (χ2n) is 2.99. The van der Waals surface area contributed by atoms with Crippen molar-refractivity contribution in [2.75, 3.05) is 0 Å². The fourth-order valence-corrected chi connectivity index (χ4v) is 1.04. The molecule has 0 radical (unpaired) electrons. The molecule has 0 amide bonds. The lowest BCUT2D eigenvalue weighted by atomic mass is 10.1. The van der Waals surface area contributed by atoms with E-state index in [-0.39, 0.29) is 0 Å². The molecule has 0 atom stereocenters. The van der Waals surface area contributed by atoms with Gasteiger partial charge in [0.15, 0.2) is 5.84 Å². The van der Waals surface area contributed by atoms with Gasteiger partial charge in [0.25, 0.3) is 0 Å². The highest BCUT2D eigenvalue weighted by Gasteiger charge is 2.05. The molecule has 0 bridgehead atoms. The summed E-state index contributed by atoms with van der Waals surface area (Å²) in [5.74, 6) is 0.792. The Balaban J connectivity index is 3.03. The second kappa shape index (κ2) is 4.55. The molecule has 13 heavy (non-hydrogen) atoms. The Morgan fingerprint density at radius 3 is 2.85 bits per heavy atom. The van der Waals surface area contributed by atoms with E-state index in [0.717, 1.165) is 11.4 Å². The Morgan fingerprint density at radius 1 is 1.46 bits per heavy atom. The molecule has 68 valence electrons. The highest BCUT2D eigenvalue weighted by Crippen LogP contribution is 2.11. The SMILES string of the molecule is C/C=C/N=C1/N=CC=CC1=C(C)C. The highest BCUT2D eigenvalue weighted by molar-refractivity contribution is 6.09. The van der Waals surface area contributed by atoms with Crippen molar-refractivity contribution >= 4 is 12.1 Å². The molecule has 0 saturated carbocycles. The predicted molar refractivity (Wildman–Crippen MR) is 58.3 cm³/mol. The number of nitrogens with zero attached hydrogens (tertiary/aromatic N) is 2. The van der Waals surface area contributed by atoms with Crippen LogP contribution < -0.4 is 0 Å². The van der Waals surface area contributed by atoms with Crippen LogP contribution in [0.25, 0.3) is 0 Å². The molecular weight excluding hydrogens is 160 g/mol. The van der Waals surface area contributed by atoms with Gasteiger partial charge in [0, 0.05) is 18.0 Å². The third-order valence-corrected chi connectivity index (χ3v) is 1.67. The fraction of sp³-hybridized carbons (Fsp3) is 0.273. The largest absolute Gasteiger partial charge is 0.237 e. The van der Waals surface area contributed by atoms with Crippen molar-refractivity contribution in [1.29, 1.82) is 0 Å². The number of amidine groups is 1. The van der Waals surface area contributed by atoms with Gasteiger partial charge in [0.1, 0.15) is 0 Å². The lowest BCUT2D eigenvalue weighted by molar-refractivity contribution is 1.33. The van der Waals surface area contributed by atoms with Crippen LogP contribution >= 0.6 is 0 Å². The van der Waals surface area contributed by atoms with Crippen molar-refractivity contribution in [3.8, 4) is 0 Å². The Hall–Kier alpha value is -1.44. The van der Waals surface area contributed by atoms with Gasteiger partial charge in [-0.15, -0.1) is 0 Å². The Bertz CT molecular complexity index is 324. The van der Waals surface area contributed by atoms with Crippen LogP contribution in [0, 0.1) is 0 Å². The first-order valence-corrected chi connectivity index (χ1v) is 4.33. The van der Waals surface area contributed by atoms with E-state index in [4.69, 9.17) is 0 Å². The molecule has 0 N–H and O–H groups in total. The zero-order chi connectivity index (χ0) is 9.68. The van der Waals surface area contributed by atoms with Gasteiger partial charge in [0.2, 0.25) is 0 Å². The van der Waals surface area contributed by atoms with Crippen molar-refractivity contribution < 1.29 is 0 Å². The van der Waals surface area contributed by atoms with Gasteiger partial charge in [-0.05, 0) is 32.9 Å². The summed E-state index contributed by atoms with van der Waals surface area (Å²) in [7, 11) is 0. The lowest BCUT2D eigenvalue weighted by Crippen LogP contribution is -2.02. The molecule has 0 saturated heterocycles. The smallest absolute Gasteiger partial charge is 0.159 e. The molecule has 1 aliphatic rings. The van der Waals surface area contributed by atoms with E-state index >= 15 is 0 Å². The number of hydrogen-bond acceptors (Lipinski definition) is 1. The monoisotopic (exact) mass is 174 g/mol. The molecule has 0 fully saturated rings. The van der Waals surface area contributed by atoms with Crippen LogP contribution in [-0.4, -0.2) is 12.1 Å². The predicted octanol–water partition coefficient (Wildman–Crippen LogP) is 2.90. The third kappa shape index (κ3) is 2.51. The lowest BCUT2D eigenvalue weighted by Gasteiger charge is -2.06.